The van der Waals surface area contributed by atoms with Crippen LogP contribution in [0.2, 0.25) is 5.15 Å². The van der Waals surface area contributed by atoms with Crippen LogP contribution in [0.15, 0.2) is 36.5 Å². The van der Waals surface area contributed by atoms with E-state index in [4.69, 9.17) is 16.7 Å². The van der Waals surface area contributed by atoms with Gasteiger partial charge in [-0.2, -0.15) is 0 Å². The zero-order chi connectivity index (χ0) is 14.5. The first kappa shape index (κ1) is 14.3. The molecule has 0 bridgehead atoms. The van der Waals surface area contributed by atoms with Crippen molar-refractivity contribution in [2.24, 2.45) is 0 Å². The molecule has 104 valence electrons. The summed E-state index contributed by atoms with van der Waals surface area (Å²) in [5, 5.41) is 9.18. The Labute approximate surface area is 121 Å². The zero-order valence-electron chi connectivity index (χ0n) is 11.0. The molecule has 0 aliphatic heterocycles. The molecule has 0 aromatic carbocycles. The molecule has 0 radical (unpaired) electrons. The normalized spacial score (nSPS) is 10.3. The molecule has 0 atom stereocenters. The summed E-state index contributed by atoms with van der Waals surface area (Å²) < 4.78 is 0. The van der Waals surface area contributed by atoms with Gasteiger partial charge in [0.15, 0.2) is 0 Å². The summed E-state index contributed by atoms with van der Waals surface area (Å²) in [6, 6.07) is 8.59. The average molecular weight is 292 g/mol. The second-order valence-electron chi connectivity index (χ2n) is 4.33. The number of aromatic carboxylic acids is 1. The molecule has 2 aromatic rings. The minimum Gasteiger partial charge on any atom is -0.478 e. The highest BCUT2D eigenvalue weighted by Crippen LogP contribution is 2.17. The van der Waals surface area contributed by atoms with Gasteiger partial charge in [-0.3, -0.25) is 4.98 Å². The third-order valence-corrected chi connectivity index (χ3v) is 3.04. The third-order valence-electron chi connectivity index (χ3n) is 2.85. The molecule has 0 saturated carbocycles. The van der Waals surface area contributed by atoms with Crippen molar-refractivity contribution in [1.29, 1.82) is 0 Å². The summed E-state index contributed by atoms with van der Waals surface area (Å²) >= 11 is 5.84. The molecule has 1 N–H and O–H groups in total. The number of halogens is 1. The Bertz CT molecular complexity index is 605. The highest BCUT2D eigenvalue weighted by atomic mass is 35.5. The number of hydrogen-bond acceptors (Lipinski definition) is 4. The minimum atomic E-state index is -1.02. The molecular formula is C14H14ClN3O2. The molecule has 20 heavy (non-hydrogen) atoms. The molecule has 0 spiro atoms. The number of likely N-dealkylation sites (N-methyl/N-ethyl adjacent to an activating group) is 1. The predicted molar refractivity (Wildman–Crippen MR) is 77.4 cm³/mol. The maximum atomic E-state index is 11.0. The first-order valence-electron chi connectivity index (χ1n) is 6.08. The molecular weight excluding hydrogens is 278 g/mol. The lowest BCUT2D eigenvalue weighted by molar-refractivity contribution is 0.0697. The van der Waals surface area contributed by atoms with E-state index in [-0.39, 0.29) is 10.7 Å². The van der Waals surface area contributed by atoms with Crippen molar-refractivity contribution < 1.29 is 9.90 Å². The summed E-state index contributed by atoms with van der Waals surface area (Å²) in [5.41, 5.74) is 1.10. The predicted octanol–water partition coefficient (Wildman–Crippen LogP) is 2.51. The van der Waals surface area contributed by atoms with Gasteiger partial charge in [-0.05, 0) is 24.3 Å². The van der Waals surface area contributed by atoms with Crippen LogP contribution in [0.5, 0.6) is 0 Å². The number of rotatable bonds is 5. The van der Waals surface area contributed by atoms with Crippen molar-refractivity contribution in [2.75, 3.05) is 18.5 Å². The Balaban J connectivity index is 2.09. The number of carboxylic acid groups (broad SMARTS) is 1. The molecule has 0 aliphatic carbocycles. The van der Waals surface area contributed by atoms with Crippen LogP contribution in [0, 0.1) is 0 Å². The maximum absolute atomic E-state index is 11.0. The Morgan fingerprint density at radius 3 is 2.85 bits per heavy atom. The number of carbonyl (C=O) groups is 1. The molecule has 0 aliphatic rings. The Kier molecular flexibility index (Phi) is 4.53. The SMILES string of the molecule is CN(CCc1ccccn1)c1cc(C(=O)O)cc(Cl)n1. The summed E-state index contributed by atoms with van der Waals surface area (Å²) in [4.78, 5) is 21.2. The number of pyridine rings is 2. The Morgan fingerprint density at radius 1 is 1.40 bits per heavy atom. The second kappa shape index (κ2) is 6.34. The van der Waals surface area contributed by atoms with E-state index in [1.807, 2.05) is 30.1 Å². The highest BCUT2D eigenvalue weighted by Gasteiger charge is 2.10. The van der Waals surface area contributed by atoms with Crippen LogP contribution in [0.4, 0.5) is 5.82 Å². The largest absolute Gasteiger partial charge is 0.478 e. The first-order valence-corrected chi connectivity index (χ1v) is 6.46. The number of nitrogens with zero attached hydrogens (tertiary/aromatic N) is 3. The van der Waals surface area contributed by atoms with E-state index in [9.17, 15) is 4.79 Å². The molecule has 2 heterocycles. The van der Waals surface area contributed by atoms with Crippen molar-refractivity contribution >= 4 is 23.4 Å². The van der Waals surface area contributed by atoms with Crippen LogP contribution >= 0.6 is 11.6 Å². The molecule has 0 fully saturated rings. The Hall–Kier alpha value is -2.14. The van der Waals surface area contributed by atoms with Crippen molar-refractivity contribution in [3.8, 4) is 0 Å². The highest BCUT2D eigenvalue weighted by molar-refractivity contribution is 6.29. The number of carboxylic acids is 1. The molecule has 0 amide bonds. The summed E-state index contributed by atoms with van der Waals surface area (Å²) in [5.74, 6) is -0.487. The summed E-state index contributed by atoms with van der Waals surface area (Å²) in [6.07, 6.45) is 2.49. The second-order valence-corrected chi connectivity index (χ2v) is 4.72. The van der Waals surface area contributed by atoms with Crippen LogP contribution in [0.1, 0.15) is 16.1 Å². The number of anilines is 1. The van der Waals surface area contributed by atoms with Gasteiger partial charge < -0.3 is 10.0 Å². The van der Waals surface area contributed by atoms with Gasteiger partial charge >= 0.3 is 5.97 Å². The van der Waals surface area contributed by atoms with Crippen LogP contribution in [0.25, 0.3) is 0 Å². The van der Waals surface area contributed by atoms with Gasteiger partial charge in [-0.15, -0.1) is 0 Å². The maximum Gasteiger partial charge on any atom is 0.335 e. The Morgan fingerprint density at radius 2 is 2.20 bits per heavy atom. The fourth-order valence-electron chi connectivity index (χ4n) is 1.74. The van der Waals surface area contributed by atoms with Crippen LogP contribution in [-0.2, 0) is 6.42 Å². The van der Waals surface area contributed by atoms with E-state index < -0.39 is 5.97 Å². The monoisotopic (exact) mass is 291 g/mol. The van der Waals surface area contributed by atoms with E-state index in [0.29, 0.717) is 12.4 Å². The molecule has 0 unspecified atom stereocenters. The number of hydrogen-bond donors (Lipinski definition) is 1. The standard InChI is InChI=1S/C14H14ClN3O2/c1-18(7-5-11-4-2-3-6-16-11)13-9-10(14(19)20)8-12(15)17-13/h2-4,6,8-9H,5,7H2,1H3,(H,19,20). The lowest BCUT2D eigenvalue weighted by Gasteiger charge is -2.18. The summed E-state index contributed by atoms with van der Waals surface area (Å²) in [7, 11) is 1.84. The van der Waals surface area contributed by atoms with Gasteiger partial charge in [-0.1, -0.05) is 17.7 Å². The van der Waals surface area contributed by atoms with E-state index in [2.05, 4.69) is 9.97 Å². The van der Waals surface area contributed by atoms with E-state index >= 15 is 0 Å². The first-order chi connectivity index (χ1) is 9.56. The smallest absolute Gasteiger partial charge is 0.335 e. The third kappa shape index (κ3) is 3.68. The van der Waals surface area contributed by atoms with Gasteiger partial charge in [0.05, 0.1) is 5.56 Å². The van der Waals surface area contributed by atoms with Crippen molar-refractivity contribution in [3.63, 3.8) is 0 Å². The lowest BCUT2D eigenvalue weighted by Crippen LogP contribution is -2.22. The summed E-state index contributed by atoms with van der Waals surface area (Å²) in [6.45, 7) is 0.670. The fraction of sp³-hybridized carbons (Fsp3) is 0.214. The van der Waals surface area contributed by atoms with Crippen molar-refractivity contribution in [2.45, 2.75) is 6.42 Å². The van der Waals surface area contributed by atoms with Crippen molar-refractivity contribution in [3.05, 3.63) is 52.9 Å². The molecule has 0 saturated heterocycles. The van der Waals surface area contributed by atoms with Gasteiger partial charge in [0.25, 0.3) is 0 Å². The molecule has 2 aromatic heterocycles. The average Bonchev–Trinajstić information content (AvgIpc) is 2.45. The number of aromatic nitrogens is 2. The van der Waals surface area contributed by atoms with Crippen molar-refractivity contribution in [1.82, 2.24) is 9.97 Å². The zero-order valence-corrected chi connectivity index (χ0v) is 11.7. The van der Waals surface area contributed by atoms with Gasteiger partial charge in [-0.25, -0.2) is 9.78 Å². The van der Waals surface area contributed by atoms with E-state index in [1.54, 1.807) is 6.20 Å². The van der Waals surface area contributed by atoms with E-state index in [0.717, 1.165) is 12.1 Å². The molecule has 5 nitrogen and oxygen atoms in total. The molecule has 6 heteroatoms. The topological polar surface area (TPSA) is 66.3 Å². The minimum absolute atomic E-state index is 0.129. The van der Waals surface area contributed by atoms with Gasteiger partial charge in [0, 0.05) is 31.9 Å². The van der Waals surface area contributed by atoms with Crippen LogP contribution < -0.4 is 4.90 Å². The van der Waals surface area contributed by atoms with Gasteiger partial charge in [0.2, 0.25) is 0 Å². The molecule has 2 rings (SSSR count). The van der Waals surface area contributed by atoms with Gasteiger partial charge in [0.1, 0.15) is 11.0 Å². The van der Waals surface area contributed by atoms with Crippen LogP contribution in [-0.4, -0.2) is 34.6 Å². The lowest BCUT2D eigenvalue weighted by atomic mass is 10.2. The van der Waals surface area contributed by atoms with Crippen LogP contribution in [0.3, 0.4) is 0 Å². The quantitative estimate of drug-likeness (QED) is 0.858. The fourth-order valence-corrected chi connectivity index (χ4v) is 1.95. The van der Waals surface area contributed by atoms with E-state index in [1.165, 1.54) is 12.1 Å².